The topological polar surface area (TPSA) is 90.3 Å². The highest BCUT2D eigenvalue weighted by atomic mass is 16.5. The molecule has 0 aliphatic heterocycles. The number of ether oxygens (including phenoxy) is 1. The maximum absolute atomic E-state index is 11.8. The Labute approximate surface area is 116 Å². The number of methoxy groups -OCH3 is 1. The lowest BCUT2D eigenvalue weighted by molar-refractivity contribution is -0.140. The highest BCUT2D eigenvalue weighted by molar-refractivity contribution is 5.92. The van der Waals surface area contributed by atoms with Crippen LogP contribution in [0, 0.1) is 0 Å². The predicted octanol–water partition coefficient (Wildman–Crippen LogP) is 0.336. The standard InChI is InChI=1S/C13H19N3O4/c1-3-4-9-16-11(17)6-5-10(15-16)13(19)14-8-7-12(18)20-2/h5-6H,3-4,7-9H2,1-2H3,(H,14,19). The summed E-state index contributed by atoms with van der Waals surface area (Å²) >= 11 is 0. The number of carbonyl (C=O) groups excluding carboxylic acids is 2. The number of carbonyl (C=O) groups is 2. The summed E-state index contributed by atoms with van der Waals surface area (Å²) < 4.78 is 5.74. The van der Waals surface area contributed by atoms with Crippen LogP contribution in [-0.4, -0.2) is 35.3 Å². The van der Waals surface area contributed by atoms with Crippen molar-refractivity contribution < 1.29 is 14.3 Å². The Balaban J connectivity index is 2.63. The van der Waals surface area contributed by atoms with Gasteiger partial charge >= 0.3 is 5.97 Å². The van der Waals surface area contributed by atoms with Crippen LogP contribution in [-0.2, 0) is 16.1 Å². The van der Waals surface area contributed by atoms with Crippen molar-refractivity contribution in [3.63, 3.8) is 0 Å². The van der Waals surface area contributed by atoms with E-state index in [2.05, 4.69) is 15.2 Å². The van der Waals surface area contributed by atoms with Crippen LogP contribution in [0.5, 0.6) is 0 Å². The third-order valence-corrected chi connectivity index (χ3v) is 2.67. The van der Waals surface area contributed by atoms with Gasteiger partial charge in [0, 0.05) is 19.2 Å². The second kappa shape index (κ2) is 8.08. The number of esters is 1. The van der Waals surface area contributed by atoms with Gasteiger partial charge in [0.05, 0.1) is 13.5 Å². The van der Waals surface area contributed by atoms with Gasteiger partial charge in [-0.1, -0.05) is 13.3 Å². The van der Waals surface area contributed by atoms with Crippen molar-refractivity contribution in [2.45, 2.75) is 32.7 Å². The van der Waals surface area contributed by atoms with Gasteiger partial charge in [-0.05, 0) is 12.5 Å². The van der Waals surface area contributed by atoms with E-state index in [1.165, 1.54) is 23.9 Å². The molecule has 0 aliphatic carbocycles. The fourth-order valence-electron chi connectivity index (χ4n) is 1.51. The van der Waals surface area contributed by atoms with Gasteiger partial charge in [0.25, 0.3) is 11.5 Å². The maximum Gasteiger partial charge on any atom is 0.307 e. The van der Waals surface area contributed by atoms with Gasteiger partial charge in [0.15, 0.2) is 0 Å². The molecule has 1 aromatic rings. The van der Waals surface area contributed by atoms with Crippen LogP contribution in [0.25, 0.3) is 0 Å². The van der Waals surface area contributed by atoms with Gasteiger partial charge in [0.1, 0.15) is 5.69 Å². The Hall–Kier alpha value is -2.18. The van der Waals surface area contributed by atoms with Crippen LogP contribution < -0.4 is 10.9 Å². The fourth-order valence-corrected chi connectivity index (χ4v) is 1.51. The Morgan fingerprint density at radius 1 is 1.40 bits per heavy atom. The molecule has 0 bridgehead atoms. The lowest BCUT2D eigenvalue weighted by Gasteiger charge is -2.07. The summed E-state index contributed by atoms with van der Waals surface area (Å²) in [6.45, 7) is 2.66. The molecule has 0 aromatic carbocycles. The number of nitrogens with zero attached hydrogens (tertiary/aromatic N) is 2. The van der Waals surface area contributed by atoms with Crippen molar-refractivity contribution >= 4 is 11.9 Å². The third-order valence-electron chi connectivity index (χ3n) is 2.67. The zero-order valence-electron chi connectivity index (χ0n) is 11.7. The van der Waals surface area contributed by atoms with E-state index in [4.69, 9.17) is 0 Å². The minimum absolute atomic E-state index is 0.0950. The molecule has 7 nitrogen and oxygen atoms in total. The largest absolute Gasteiger partial charge is 0.469 e. The van der Waals surface area contributed by atoms with E-state index in [-0.39, 0.29) is 24.2 Å². The number of rotatable bonds is 7. The summed E-state index contributed by atoms with van der Waals surface area (Å²) in [5, 5.41) is 6.55. The smallest absolute Gasteiger partial charge is 0.307 e. The molecule has 0 atom stereocenters. The van der Waals surface area contributed by atoms with Gasteiger partial charge in [0.2, 0.25) is 0 Å². The van der Waals surface area contributed by atoms with E-state index < -0.39 is 11.9 Å². The number of unbranched alkanes of at least 4 members (excludes halogenated alkanes) is 1. The first kappa shape index (κ1) is 15.9. The van der Waals surface area contributed by atoms with Crippen LogP contribution in [0.15, 0.2) is 16.9 Å². The minimum Gasteiger partial charge on any atom is -0.469 e. The molecule has 110 valence electrons. The van der Waals surface area contributed by atoms with Gasteiger partial charge in [-0.25, -0.2) is 4.68 Å². The van der Waals surface area contributed by atoms with Crippen molar-refractivity contribution in [1.82, 2.24) is 15.1 Å². The number of hydrogen-bond donors (Lipinski definition) is 1. The van der Waals surface area contributed by atoms with Crippen LogP contribution in [0.1, 0.15) is 36.7 Å². The average molecular weight is 281 g/mol. The monoisotopic (exact) mass is 281 g/mol. The van der Waals surface area contributed by atoms with Gasteiger partial charge in [-0.15, -0.1) is 0 Å². The lowest BCUT2D eigenvalue weighted by Crippen LogP contribution is -2.31. The highest BCUT2D eigenvalue weighted by Gasteiger charge is 2.10. The quantitative estimate of drug-likeness (QED) is 0.728. The average Bonchev–Trinajstić information content (AvgIpc) is 2.46. The van der Waals surface area contributed by atoms with Crippen LogP contribution >= 0.6 is 0 Å². The van der Waals surface area contributed by atoms with E-state index in [1.54, 1.807) is 0 Å². The van der Waals surface area contributed by atoms with Crippen LogP contribution in [0.4, 0.5) is 0 Å². The van der Waals surface area contributed by atoms with Gasteiger partial charge in [-0.2, -0.15) is 5.10 Å². The number of aromatic nitrogens is 2. The van der Waals surface area contributed by atoms with E-state index in [1.807, 2.05) is 6.92 Å². The normalized spacial score (nSPS) is 10.1. The second-order valence-corrected chi connectivity index (χ2v) is 4.22. The zero-order chi connectivity index (χ0) is 15.0. The number of hydrogen-bond acceptors (Lipinski definition) is 5. The van der Waals surface area contributed by atoms with Crippen LogP contribution in [0.2, 0.25) is 0 Å². The molecule has 1 rings (SSSR count). The summed E-state index contributed by atoms with van der Waals surface area (Å²) in [5.74, 6) is -0.815. The Kier molecular flexibility index (Phi) is 6.42. The Morgan fingerprint density at radius 2 is 2.15 bits per heavy atom. The third kappa shape index (κ3) is 4.83. The molecule has 1 aromatic heterocycles. The van der Waals surface area contributed by atoms with E-state index in [9.17, 15) is 14.4 Å². The summed E-state index contributed by atoms with van der Waals surface area (Å²) in [7, 11) is 1.29. The molecular formula is C13H19N3O4. The summed E-state index contributed by atoms with van der Waals surface area (Å²) in [5.41, 5.74) is -0.0740. The lowest BCUT2D eigenvalue weighted by atomic mass is 10.3. The Morgan fingerprint density at radius 3 is 2.80 bits per heavy atom. The number of aryl methyl sites for hydroxylation is 1. The number of nitrogens with one attached hydrogen (secondary N) is 1. The van der Waals surface area contributed by atoms with Crippen molar-refractivity contribution in [2.75, 3.05) is 13.7 Å². The molecule has 7 heteroatoms. The predicted molar refractivity (Wildman–Crippen MR) is 72.4 cm³/mol. The summed E-state index contributed by atoms with van der Waals surface area (Å²) in [6.07, 6.45) is 1.85. The van der Waals surface area contributed by atoms with E-state index in [0.29, 0.717) is 6.54 Å². The zero-order valence-corrected chi connectivity index (χ0v) is 11.7. The van der Waals surface area contributed by atoms with Crippen molar-refractivity contribution in [1.29, 1.82) is 0 Å². The first-order valence-corrected chi connectivity index (χ1v) is 6.51. The van der Waals surface area contributed by atoms with E-state index in [0.717, 1.165) is 12.8 Å². The molecule has 0 aliphatic rings. The molecule has 0 saturated heterocycles. The summed E-state index contributed by atoms with van der Waals surface area (Å²) in [4.78, 5) is 34.3. The molecule has 0 radical (unpaired) electrons. The van der Waals surface area contributed by atoms with Crippen molar-refractivity contribution in [3.8, 4) is 0 Å². The second-order valence-electron chi connectivity index (χ2n) is 4.22. The molecule has 20 heavy (non-hydrogen) atoms. The van der Waals surface area contributed by atoms with Gasteiger partial charge in [-0.3, -0.25) is 14.4 Å². The molecule has 0 saturated carbocycles. The molecular weight excluding hydrogens is 262 g/mol. The first-order valence-electron chi connectivity index (χ1n) is 6.51. The number of amides is 1. The SMILES string of the molecule is CCCCn1nc(C(=O)NCCC(=O)OC)ccc1=O. The summed E-state index contributed by atoms with van der Waals surface area (Å²) in [6, 6.07) is 2.69. The van der Waals surface area contributed by atoms with Crippen molar-refractivity contribution in [3.05, 3.63) is 28.2 Å². The molecule has 1 N–H and O–H groups in total. The fraction of sp³-hybridized carbons (Fsp3) is 0.538. The Bertz CT molecular complexity index is 525. The van der Waals surface area contributed by atoms with Crippen LogP contribution in [0.3, 0.4) is 0 Å². The molecule has 1 heterocycles. The molecule has 0 fully saturated rings. The maximum atomic E-state index is 11.8. The first-order chi connectivity index (χ1) is 9.58. The van der Waals surface area contributed by atoms with Crippen molar-refractivity contribution in [2.24, 2.45) is 0 Å². The molecule has 0 unspecified atom stereocenters. The molecule has 1 amide bonds. The molecule has 0 spiro atoms. The van der Waals surface area contributed by atoms with Gasteiger partial charge < -0.3 is 10.1 Å². The highest BCUT2D eigenvalue weighted by Crippen LogP contribution is 1.94. The van der Waals surface area contributed by atoms with E-state index >= 15 is 0 Å². The minimum atomic E-state index is -0.417.